The Labute approximate surface area is 106 Å². The largest absolute Gasteiger partial charge is 0.481 e. The maximum absolute atomic E-state index is 10.9. The number of nitrogens with zero attached hydrogens (tertiary/aromatic N) is 1. The van der Waals surface area contributed by atoms with E-state index in [1.165, 1.54) is 11.3 Å². The first-order valence-electron chi connectivity index (χ1n) is 5.25. The lowest BCUT2D eigenvalue weighted by molar-refractivity contribution is -0.142. The van der Waals surface area contributed by atoms with Crippen molar-refractivity contribution in [3.63, 3.8) is 0 Å². The summed E-state index contributed by atoms with van der Waals surface area (Å²) in [6.45, 7) is 0. The summed E-state index contributed by atoms with van der Waals surface area (Å²) < 4.78 is 0.825. The van der Waals surface area contributed by atoms with Gasteiger partial charge in [0, 0.05) is 11.4 Å². The minimum absolute atomic E-state index is 0.199. The Balaban J connectivity index is 1.92. The van der Waals surface area contributed by atoms with E-state index < -0.39 is 5.97 Å². The van der Waals surface area contributed by atoms with E-state index in [9.17, 15) is 4.79 Å². The van der Waals surface area contributed by atoms with E-state index in [0.717, 1.165) is 29.0 Å². The number of hydrogen-bond donors (Lipinski definition) is 2. The minimum Gasteiger partial charge on any atom is -0.481 e. The van der Waals surface area contributed by atoms with Crippen LogP contribution >= 0.6 is 27.3 Å². The van der Waals surface area contributed by atoms with Crippen LogP contribution in [-0.2, 0) is 4.79 Å². The maximum atomic E-state index is 10.9. The van der Waals surface area contributed by atoms with Gasteiger partial charge in [0.05, 0.1) is 5.92 Å². The Morgan fingerprint density at radius 3 is 3.06 bits per heavy atom. The zero-order valence-electron chi connectivity index (χ0n) is 8.65. The molecule has 1 saturated carbocycles. The van der Waals surface area contributed by atoms with Gasteiger partial charge in [0.1, 0.15) is 4.60 Å². The fourth-order valence-corrected chi connectivity index (χ4v) is 3.26. The normalized spacial score (nSPS) is 25.3. The number of carboxylic acid groups (broad SMARTS) is 1. The van der Waals surface area contributed by atoms with Crippen molar-refractivity contribution in [3.8, 4) is 0 Å². The summed E-state index contributed by atoms with van der Waals surface area (Å²) in [5, 5.41) is 15.1. The second-order valence-corrected chi connectivity index (χ2v) is 5.69. The molecule has 0 saturated heterocycles. The van der Waals surface area contributed by atoms with Gasteiger partial charge in [0.15, 0.2) is 5.13 Å². The second kappa shape index (κ2) is 5.14. The van der Waals surface area contributed by atoms with Gasteiger partial charge >= 0.3 is 5.97 Å². The summed E-state index contributed by atoms with van der Waals surface area (Å²) in [4.78, 5) is 15.2. The Morgan fingerprint density at radius 1 is 1.62 bits per heavy atom. The third-order valence-corrected chi connectivity index (χ3v) is 4.31. The molecule has 4 nitrogen and oxygen atoms in total. The van der Waals surface area contributed by atoms with E-state index >= 15 is 0 Å². The molecule has 0 aliphatic heterocycles. The highest BCUT2D eigenvalue weighted by Crippen LogP contribution is 2.28. The van der Waals surface area contributed by atoms with Gasteiger partial charge in [0.2, 0.25) is 0 Å². The smallest absolute Gasteiger partial charge is 0.306 e. The third-order valence-electron chi connectivity index (χ3n) is 2.83. The van der Waals surface area contributed by atoms with Gasteiger partial charge in [-0.25, -0.2) is 4.98 Å². The molecule has 0 aromatic carbocycles. The first-order chi connectivity index (χ1) is 7.65. The van der Waals surface area contributed by atoms with E-state index in [1.807, 2.05) is 5.38 Å². The van der Waals surface area contributed by atoms with E-state index in [2.05, 4.69) is 26.2 Å². The van der Waals surface area contributed by atoms with Crippen molar-refractivity contribution in [1.29, 1.82) is 0 Å². The molecule has 1 aromatic rings. The van der Waals surface area contributed by atoms with Gasteiger partial charge < -0.3 is 10.4 Å². The number of anilines is 1. The lowest BCUT2D eigenvalue weighted by Gasteiger charge is -2.27. The lowest BCUT2D eigenvalue weighted by atomic mass is 9.86. The number of carboxylic acids is 1. The average molecular weight is 305 g/mol. The molecular formula is C10H13BrN2O2S. The van der Waals surface area contributed by atoms with Crippen LogP contribution in [0.25, 0.3) is 0 Å². The molecule has 88 valence electrons. The number of thiazole rings is 1. The number of carbonyl (C=O) groups is 1. The number of aliphatic carboxylic acids is 1. The fourth-order valence-electron chi connectivity index (χ4n) is 2.04. The summed E-state index contributed by atoms with van der Waals surface area (Å²) in [6, 6.07) is 0.243. The average Bonchev–Trinajstić information content (AvgIpc) is 2.64. The van der Waals surface area contributed by atoms with Crippen molar-refractivity contribution in [2.24, 2.45) is 5.92 Å². The zero-order valence-corrected chi connectivity index (χ0v) is 11.1. The van der Waals surface area contributed by atoms with Crippen LogP contribution in [0.3, 0.4) is 0 Å². The molecule has 2 rings (SSSR count). The topological polar surface area (TPSA) is 62.2 Å². The Bertz CT molecular complexity index is 383. The lowest BCUT2D eigenvalue weighted by Crippen LogP contribution is -2.30. The van der Waals surface area contributed by atoms with Crippen LogP contribution in [-0.4, -0.2) is 22.1 Å². The van der Waals surface area contributed by atoms with Gasteiger partial charge in [-0.2, -0.15) is 0 Å². The molecule has 0 radical (unpaired) electrons. The molecule has 6 heteroatoms. The zero-order chi connectivity index (χ0) is 11.5. The van der Waals surface area contributed by atoms with Gasteiger partial charge in [0.25, 0.3) is 0 Å². The Morgan fingerprint density at radius 2 is 2.44 bits per heavy atom. The number of aromatic nitrogens is 1. The maximum Gasteiger partial charge on any atom is 0.306 e. The van der Waals surface area contributed by atoms with Crippen LogP contribution in [0, 0.1) is 5.92 Å². The fraction of sp³-hybridized carbons (Fsp3) is 0.600. The molecule has 0 amide bonds. The SMILES string of the molecule is O=C(O)C1CCCC(Nc2nc(Br)cs2)C1. The first kappa shape index (κ1) is 11.9. The summed E-state index contributed by atoms with van der Waals surface area (Å²) in [6.07, 6.45) is 3.50. The van der Waals surface area contributed by atoms with Crippen LogP contribution in [0.15, 0.2) is 9.98 Å². The molecule has 1 aliphatic rings. The highest BCUT2D eigenvalue weighted by atomic mass is 79.9. The first-order valence-corrected chi connectivity index (χ1v) is 6.93. The van der Waals surface area contributed by atoms with Crippen molar-refractivity contribution in [1.82, 2.24) is 4.98 Å². The highest BCUT2D eigenvalue weighted by molar-refractivity contribution is 9.10. The standard InChI is InChI=1S/C10H13BrN2O2S/c11-8-5-16-10(13-8)12-7-3-1-2-6(4-7)9(14)15/h5-7H,1-4H2,(H,12,13)(H,14,15). The van der Waals surface area contributed by atoms with Gasteiger partial charge in [-0.1, -0.05) is 6.42 Å². The van der Waals surface area contributed by atoms with Crippen molar-refractivity contribution in [3.05, 3.63) is 9.98 Å². The van der Waals surface area contributed by atoms with Crippen LogP contribution in [0.1, 0.15) is 25.7 Å². The Hall–Kier alpha value is -0.620. The molecule has 0 bridgehead atoms. The number of rotatable bonds is 3. The van der Waals surface area contributed by atoms with E-state index in [4.69, 9.17) is 5.11 Å². The molecule has 16 heavy (non-hydrogen) atoms. The molecular weight excluding hydrogens is 292 g/mol. The second-order valence-electron chi connectivity index (χ2n) is 4.02. The molecule has 1 fully saturated rings. The van der Waals surface area contributed by atoms with Crippen molar-refractivity contribution in [2.75, 3.05) is 5.32 Å². The quantitative estimate of drug-likeness (QED) is 0.901. The predicted octanol–water partition coefficient (Wildman–Crippen LogP) is 2.96. The summed E-state index contributed by atoms with van der Waals surface area (Å²) in [5.41, 5.74) is 0. The molecule has 1 aliphatic carbocycles. The number of hydrogen-bond acceptors (Lipinski definition) is 4. The van der Waals surface area contributed by atoms with Crippen LogP contribution in [0.2, 0.25) is 0 Å². The van der Waals surface area contributed by atoms with Crippen LogP contribution < -0.4 is 5.32 Å². The Kier molecular flexibility index (Phi) is 3.81. The molecule has 0 spiro atoms. The summed E-state index contributed by atoms with van der Waals surface area (Å²) in [5.74, 6) is -0.874. The molecule has 1 aromatic heterocycles. The van der Waals surface area contributed by atoms with E-state index in [-0.39, 0.29) is 12.0 Å². The number of halogens is 1. The molecule has 1 heterocycles. The van der Waals surface area contributed by atoms with Gasteiger partial charge in [-0.3, -0.25) is 4.79 Å². The van der Waals surface area contributed by atoms with Crippen molar-refractivity contribution < 1.29 is 9.90 Å². The molecule has 2 atom stereocenters. The summed E-state index contributed by atoms with van der Waals surface area (Å²) >= 11 is 4.83. The van der Waals surface area contributed by atoms with Crippen molar-refractivity contribution >= 4 is 38.4 Å². The summed E-state index contributed by atoms with van der Waals surface area (Å²) in [7, 11) is 0. The van der Waals surface area contributed by atoms with E-state index in [1.54, 1.807) is 0 Å². The predicted molar refractivity (Wildman–Crippen MR) is 66.8 cm³/mol. The van der Waals surface area contributed by atoms with Crippen molar-refractivity contribution in [2.45, 2.75) is 31.7 Å². The molecule has 2 unspecified atom stereocenters. The van der Waals surface area contributed by atoms with E-state index in [0.29, 0.717) is 6.42 Å². The highest BCUT2D eigenvalue weighted by Gasteiger charge is 2.27. The monoisotopic (exact) mass is 304 g/mol. The minimum atomic E-state index is -0.674. The third kappa shape index (κ3) is 2.95. The molecule has 2 N–H and O–H groups in total. The van der Waals surface area contributed by atoms with Gasteiger partial charge in [-0.15, -0.1) is 11.3 Å². The van der Waals surface area contributed by atoms with Crippen LogP contribution in [0.4, 0.5) is 5.13 Å². The van der Waals surface area contributed by atoms with Crippen LogP contribution in [0.5, 0.6) is 0 Å². The number of nitrogens with one attached hydrogen (secondary N) is 1. The van der Waals surface area contributed by atoms with Gasteiger partial charge in [-0.05, 0) is 35.2 Å².